The van der Waals surface area contributed by atoms with Crippen molar-refractivity contribution < 1.29 is 5.11 Å². The van der Waals surface area contributed by atoms with Crippen LogP contribution >= 0.6 is 0 Å². The number of nitrogens with two attached hydrogens (primary N) is 1. The molecular weight excluding hydrogens is 202 g/mol. The van der Waals surface area contributed by atoms with Gasteiger partial charge < -0.3 is 16.2 Å². The zero-order valence-corrected chi connectivity index (χ0v) is 9.66. The minimum Gasteiger partial charge on any atom is -0.396 e. The van der Waals surface area contributed by atoms with Crippen molar-refractivity contribution in [3.63, 3.8) is 0 Å². The van der Waals surface area contributed by atoms with Crippen LogP contribution in [0.25, 0.3) is 0 Å². The van der Waals surface area contributed by atoms with Gasteiger partial charge in [0.15, 0.2) is 0 Å². The number of nitrogens with one attached hydrogen (secondary N) is 1. The summed E-state index contributed by atoms with van der Waals surface area (Å²) in [6.07, 6.45) is 5.00. The summed E-state index contributed by atoms with van der Waals surface area (Å²) in [5.41, 5.74) is 7.99. The predicted molar refractivity (Wildman–Crippen MR) is 65.2 cm³/mol. The highest BCUT2D eigenvalue weighted by atomic mass is 16.3. The highest BCUT2D eigenvalue weighted by Crippen LogP contribution is 2.48. The van der Waals surface area contributed by atoms with Gasteiger partial charge in [-0.2, -0.15) is 0 Å². The highest BCUT2D eigenvalue weighted by molar-refractivity contribution is 5.64. The number of pyridine rings is 1. The number of rotatable bonds is 5. The van der Waals surface area contributed by atoms with Crippen LogP contribution in [0, 0.1) is 12.3 Å². The molecule has 0 aliphatic heterocycles. The van der Waals surface area contributed by atoms with Gasteiger partial charge in [0.25, 0.3) is 0 Å². The van der Waals surface area contributed by atoms with Gasteiger partial charge in [-0.05, 0) is 43.2 Å². The fourth-order valence-corrected chi connectivity index (χ4v) is 1.91. The van der Waals surface area contributed by atoms with Gasteiger partial charge >= 0.3 is 0 Å². The summed E-state index contributed by atoms with van der Waals surface area (Å²) in [6.45, 7) is 3.09. The van der Waals surface area contributed by atoms with E-state index in [4.69, 9.17) is 10.8 Å². The Morgan fingerprint density at radius 2 is 2.31 bits per heavy atom. The molecule has 1 aliphatic rings. The zero-order chi connectivity index (χ0) is 11.6. The molecule has 0 radical (unpaired) electrons. The fourth-order valence-electron chi connectivity index (χ4n) is 1.91. The summed E-state index contributed by atoms with van der Waals surface area (Å²) in [7, 11) is 0. The van der Waals surface area contributed by atoms with Crippen LogP contribution in [0.2, 0.25) is 0 Å². The molecule has 1 heterocycles. The van der Waals surface area contributed by atoms with Crippen LogP contribution in [-0.2, 0) is 0 Å². The Hall–Kier alpha value is -1.29. The van der Waals surface area contributed by atoms with Gasteiger partial charge in [-0.3, -0.25) is 0 Å². The summed E-state index contributed by atoms with van der Waals surface area (Å²) < 4.78 is 0. The molecule has 0 unspecified atom stereocenters. The molecule has 1 saturated carbocycles. The molecule has 0 spiro atoms. The maximum absolute atomic E-state index is 8.97. The molecule has 0 atom stereocenters. The molecule has 4 heteroatoms. The van der Waals surface area contributed by atoms with Crippen molar-refractivity contribution in [3.8, 4) is 0 Å². The lowest BCUT2D eigenvalue weighted by atomic mass is 10.0. The molecule has 0 bridgehead atoms. The Bertz CT molecular complexity index is 375. The lowest BCUT2D eigenvalue weighted by Gasteiger charge is -2.16. The number of aliphatic hydroxyl groups is 1. The summed E-state index contributed by atoms with van der Waals surface area (Å²) in [6, 6.07) is 1.90. The Morgan fingerprint density at radius 1 is 1.56 bits per heavy atom. The van der Waals surface area contributed by atoms with E-state index in [0.717, 1.165) is 30.0 Å². The van der Waals surface area contributed by atoms with Crippen molar-refractivity contribution in [2.45, 2.75) is 26.2 Å². The number of aliphatic hydroxyl groups excluding tert-OH is 1. The van der Waals surface area contributed by atoms with E-state index in [0.29, 0.717) is 0 Å². The number of nitrogens with zero attached hydrogens (tertiary/aromatic N) is 1. The zero-order valence-electron chi connectivity index (χ0n) is 9.66. The van der Waals surface area contributed by atoms with E-state index in [2.05, 4.69) is 10.3 Å². The monoisotopic (exact) mass is 221 g/mol. The molecule has 1 aliphatic carbocycles. The van der Waals surface area contributed by atoms with Gasteiger partial charge in [0.1, 0.15) is 5.82 Å². The van der Waals surface area contributed by atoms with Crippen LogP contribution in [-0.4, -0.2) is 23.2 Å². The Morgan fingerprint density at radius 3 is 2.94 bits per heavy atom. The van der Waals surface area contributed by atoms with Crippen molar-refractivity contribution in [2.24, 2.45) is 5.41 Å². The number of hydrogen-bond donors (Lipinski definition) is 3. The van der Waals surface area contributed by atoms with Crippen LogP contribution in [0.1, 0.15) is 24.8 Å². The molecule has 1 aromatic heterocycles. The smallest absolute Gasteiger partial charge is 0.149 e. The molecule has 16 heavy (non-hydrogen) atoms. The molecule has 1 fully saturated rings. The SMILES string of the molecule is Cc1ccnc(NCC2(CCO)CC2)c1N. The second-order valence-electron chi connectivity index (χ2n) is 4.72. The molecule has 88 valence electrons. The Labute approximate surface area is 95.9 Å². The number of anilines is 2. The first-order chi connectivity index (χ1) is 7.67. The highest BCUT2D eigenvalue weighted by Gasteiger charge is 2.41. The largest absolute Gasteiger partial charge is 0.396 e. The average Bonchev–Trinajstić information content (AvgIpc) is 3.02. The van der Waals surface area contributed by atoms with E-state index in [9.17, 15) is 0 Å². The lowest BCUT2D eigenvalue weighted by Crippen LogP contribution is -2.18. The summed E-state index contributed by atoms with van der Waals surface area (Å²) in [4.78, 5) is 4.23. The second-order valence-corrected chi connectivity index (χ2v) is 4.72. The van der Waals surface area contributed by atoms with Gasteiger partial charge in [-0.1, -0.05) is 0 Å². The molecule has 0 saturated heterocycles. The first-order valence-electron chi connectivity index (χ1n) is 5.73. The summed E-state index contributed by atoms with van der Waals surface area (Å²) in [5, 5.41) is 12.3. The van der Waals surface area contributed by atoms with E-state index >= 15 is 0 Å². The fraction of sp³-hybridized carbons (Fsp3) is 0.583. The second kappa shape index (κ2) is 4.29. The third kappa shape index (κ3) is 2.27. The van der Waals surface area contributed by atoms with E-state index in [1.165, 1.54) is 12.8 Å². The van der Waals surface area contributed by atoms with Gasteiger partial charge in [-0.25, -0.2) is 4.98 Å². The minimum atomic E-state index is 0.262. The average molecular weight is 221 g/mol. The molecular formula is C12H19N3O. The molecule has 4 nitrogen and oxygen atoms in total. The maximum Gasteiger partial charge on any atom is 0.149 e. The van der Waals surface area contributed by atoms with Crippen LogP contribution in [0.15, 0.2) is 12.3 Å². The first kappa shape index (κ1) is 11.2. The van der Waals surface area contributed by atoms with Crippen molar-refractivity contribution in [1.82, 2.24) is 4.98 Å². The van der Waals surface area contributed by atoms with Gasteiger partial charge in [0.05, 0.1) is 5.69 Å². The maximum atomic E-state index is 8.97. The molecule has 2 rings (SSSR count). The van der Waals surface area contributed by atoms with Crippen molar-refractivity contribution in [2.75, 3.05) is 24.2 Å². The number of aromatic nitrogens is 1. The standard InChI is InChI=1S/C12H19N3O/c1-9-2-6-14-11(10(9)13)15-8-12(3-4-12)5-7-16/h2,6,16H,3-5,7-8,13H2,1H3,(H,14,15). The number of hydrogen-bond acceptors (Lipinski definition) is 4. The van der Waals surface area contributed by atoms with Crippen LogP contribution < -0.4 is 11.1 Å². The quantitative estimate of drug-likeness (QED) is 0.705. The van der Waals surface area contributed by atoms with Crippen molar-refractivity contribution >= 4 is 11.5 Å². The Kier molecular flexibility index (Phi) is 3.01. The molecule has 0 aromatic carbocycles. The molecule has 0 amide bonds. The van der Waals surface area contributed by atoms with Gasteiger partial charge in [-0.15, -0.1) is 0 Å². The van der Waals surface area contributed by atoms with Gasteiger partial charge in [0.2, 0.25) is 0 Å². The van der Waals surface area contributed by atoms with Crippen molar-refractivity contribution in [3.05, 3.63) is 17.8 Å². The summed E-state index contributed by atoms with van der Waals surface area (Å²) in [5.74, 6) is 0.768. The normalized spacial score (nSPS) is 17.1. The minimum absolute atomic E-state index is 0.262. The van der Waals surface area contributed by atoms with Crippen molar-refractivity contribution in [1.29, 1.82) is 0 Å². The van der Waals surface area contributed by atoms with E-state index in [1.807, 2.05) is 13.0 Å². The topological polar surface area (TPSA) is 71.2 Å². The molecule has 4 N–H and O–H groups in total. The summed E-state index contributed by atoms with van der Waals surface area (Å²) >= 11 is 0. The van der Waals surface area contributed by atoms with Crippen LogP contribution in [0.5, 0.6) is 0 Å². The van der Waals surface area contributed by atoms with Crippen LogP contribution in [0.3, 0.4) is 0 Å². The number of aryl methyl sites for hydroxylation is 1. The van der Waals surface area contributed by atoms with E-state index in [-0.39, 0.29) is 12.0 Å². The van der Waals surface area contributed by atoms with Gasteiger partial charge in [0, 0.05) is 19.3 Å². The third-order valence-electron chi connectivity index (χ3n) is 3.44. The Balaban J connectivity index is 1.97. The number of nitrogen functional groups attached to an aromatic ring is 1. The van der Waals surface area contributed by atoms with E-state index < -0.39 is 0 Å². The third-order valence-corrected chi connectivity index (χ3v) is 3.44. The lowest BCUT2D eigenvalue weighted by molar-refractivity contribution is 0.253. The van der Waals surface area contributed by atoms with Crippen LogP contribution in [0.4, 0.5) is 11.5 Å². The van der Waals surface area contributed by atoms with E-state index in [1.54, 1.807) is 6.20 Å². The first-order valence-corrected chi connectivity index (χ1v) is 5.73. The predicted octanol–water partition coefficient (Wildman–Crippen LogP) is 1.55. The molecule has 1 aromatic rings.